The molecule has 0 aliphatic carbocycles. The number of hydrogen-bond acceptors (Lipinski definition) is 3. The molecule has 0 bridgehead atoms. The van der Waals surface area contributed by atoms with Gasteiger partial charge in [0.25, 0.3) is 0 Å². The standard InChI is InChI=1S/C18H22N2O3/c21-17(22)15-11-20(12-18(15)5-8-23-9-6-18)10-13-2-1-3-16-14(13)4-7-19-16/h1-4,7,15,19H,5-6,8-12H2,(H,21,22). The van der Waals surface area contributed by atoms with Crippen molar-refractivity contribution in [3.05, 3.63) is 36.0 Å². The molecule has 122 valence electrons. The van der Waals surface area contributed by atoms with Gasteiger partial charge in [-0.05, 0) is 30.5 Å². The minimum atomic E-state index is -0.658. The van der Waals surface area contributed by atoms with E-state index in [0.717, 1.165) is 31.4 Å². The summed E-state index contributed by atoms with van der Waals surface area (Å²) in [6.07, 6.45) is 3.67. The van der Waals surface area contributed by atoms with Crippen molar-refractivity contribution < 1.29 is 14.6 Å². The largest absolute Gasteiger partial charge is 0.481 e. The van der Waals surface area contributed by atoms with Crippen molar-refractivity contribution in [3.8, 4) is 0 Å². The lowest BCUT2D eigenvalue weighted by molar-refractivity contribution is -0.146. The van der Waals surface area contributed by atoms with Gasteiger partial charge in [0.1, 0.15) is 0 Å². The summed E-state index contributed by atoms with van der Waals surface area (Å²) < 4.78 is 5.47. The van der Waals surface area contributed by atoms with Crippen LogP contribution in [-0.4, -0.2) is 47.3 Å². The Morgan fingerprint density at radius 3 is 2.96 bits per heavy atom. The Bertz CT molecular complexity index is 718. The molecule has 0 amide bonds. The summed E-state index contributed by atoms with van der Waals surface area (Å²) in [4.78, 5) is 17.3. The summed E-state index contributed by atoms with van der Waals surface area (Å²) in [5, 5.41) is 10.9. The molecule has 0 radical (unpaired) electrons. The number of fused-ring (bicyclic) bond motifs is 1. The molecule has 1 spiro atoms. The van der Waals surface area contributed by atoms with Gasteiger partial charge < -0.3 is 14.8 Å². The van der Waals surface area contributed by atoms with Crippen molar-refractivity contribution in [1.82, 2.24) is 9.88 Å². The molecule has 3 heterocycles. The first-order valence-electron chi connectivity index (χ1n) is 8.26. The fourth-order valence-electron chi connectivity index (χ4n) is 4.35. The molecule has 4 rings (SSSR count). The molecule has 2 N–H and O–H groups in total. The quantitative estimate of drug-likeness (QED) is 0.913. The average Bonchev–Trinajstić information content (AvgIpc) is 3.14. The van der Waals surface area contributed by atoms with Gasteiger partial charge in [0.2, 0.25) is 0 Å². The number of carboxylic acids is 1. The Hall–Kier alpha value is -1.85. The minimum absolute atomic E-state index is 0.115. The van der Waals surface area contributed by atoms with Gasteiger partial charge in [0.05, 0.1) is 5.92 Å². The third kappa shape index (κ3) is 2.54. The van der Waals surface area contributed by atoms with Gasteiger partial charge in [-0.15, -0.1) is 0 Å². The lowest BCUT2D eigenvalue weighted by Gasteiger charge is -2.36. The molecular formula is C18H22N2O3. The average molecular weight is 314 g/mol. The summed E-state index contributed by atoms with van der Waals surface area (Å²) in [6.45, 7) is 3.67. The summed E-state index contributed by atoms with van der Waals surface area (Å²) in [5.41, 5.74) is 2.28. The number of aliphatic carboxylic acids is 1. The second-order valence-electron chi connectivity index (χ2n) is 6.89. The Kier molecular flexibility index (Phi) is 3.62. The van der Waals surface area contributed by atoms with Crippen LogP contribution in [0.1, 0.15) is 18.4 Å². The molecule has 1 unspecified atom stereocenters. The maximum atomic E-state index is 11.8. The first-order chi connectivity index (χ1) is 11.2. The number of aromatic amines is 1. The number of aromatic nitrogens is 1. The van der Waals surface area contributed by atoms with Crippen LogP contribution in [0.25, 0.3) is 10.9 Å². The van der Waals surface area contributed by atoms with Gasteiger partial charge in [-0.3, -0.25) is 9.69 Å². The van der Waals surface area contributed by atoms with E-state index in [9.17, 15) is 9.90 Å². The van der Waals surface area contributed by atoms with E-state index in [1.54, 1.807) is 0 Å². The molecule has 1 aromatic heterocycles. The highest BCUT2D eigenvalue weighted by Crippen LogP contribution is 2.44. The van der Waals surface area contributed by atoms with Gasteiger partial charge in [0, 0.05) is 55.4 Å². The number of carboxylic acid groups (broad SMARTS) is 1. The molecule has 2 saturated heterocycles. The Morgan fingerprint density at radius 1 is 1.35 bits per heavy atom. The number of rotatable bonds is 3. The highest BCUT2D eigenvalue weighted by molar-refractivity contribution is 5.82. The number of H-pyrrole nitrogens is 1. The number of hydrogen-bond donors (Lipinski definition) is 2. The zero-order valence-electron chi connectivity index (χ0n) is 13.1. The lowest BCUT2D eigenvalue weighted by Crippen LogP contribution is -2.40. The molecule has 1 atom stereocenters. The van der Waals surface area contributed by atoms with Crippen LogP contribution < -0.4 is 0 Å². The first-order valence-corrected chi connectivity index (χ1v) is 8.26. The number of likely N-dealkylation sites (tertiary alicyclic amines) is 1. The van der Waals surface area contributed by atoms with Crippen LogP contribution in [0.2, 0.25) is 0 Å². The van der Waals surface area contributed by atoms with E-state index in [-0.39, 0.29) is 11.3 Å². The van der Waals surface area contributed by atoms with Crippen LogP contribution in [0.4, 0.5) is 0 Å². The third-order valence-electron chi connectivity index (χ3n) is 5.58. The van der Waals surface area contributed by atoms with Crippen LogP contribution >= 0.6 is 0 Å². The van der Waals surface area contributed by atoms with Gasteiger partial charge in [-0.2, -0.15) is 0 Å². The predicted molar refractivity (Wildman–Crippen MR) is 87.2 cm³/mol. The van der Waals surface area contributed by atoms with E-state index in [2.05, 4.69) is 34.1 Å². The summed E-state index contributed by atoms with van der Waals surface area (Å²) in [5.74, 6) is -0.939. The summed E-state index contributed by atoms with van der Waals surface area (Å²) >= 11 is 0. The van der Waals surface area contributed by atoms with E-state index in [1.165, 1.54) is 10.9 Å². The van der Waals surface area contributed by atoms with Crippen molar-refractivity contribution in [3.63, 3.8) is 0 Å². The van der Waals surface area contributed by atoms with Gasteiger partial charge >= 0.3 is 5.97 Å². The lowest BCUT2D eigenvalue weighted by atomic mass is 9.72. The number of nitrogens with zero attached hydrogens (tertiary/aromatic N) is 1. The smallest absolute Gasteiger partial charge is 0.308 e. The molecule has 23 heavy (non-hydrogen) atoms. The first kappa shape index (κ1) is 14.7. The van der Waals surface area contributed by atoms with Crippen LogP contribution in [0.15, 0.2) is 30.5 Å². The fourth-order valence-corrected chi connectivity index (χ4v) is 4.35. The van der Waals surface area contributed by atoms with E-state index in [0.29, 0.717) is 19.8 Å². The van der Waals surface area contributed by atoms with Crippen LogP contribution in [0, 0.1) is 11.3 Å². The van der Waals surface area contributed by atoms with E-state index < -0.39 is 5.97 Å². The van der Waals surface area contributed by atoms with Crippen LogP contribution in [0.3, 0.4) is 0 Å². The van der Waals surface area contributed by atoms with Gasteiger partial charge in [-0.1, -0.05) is 12.1 Å². The topological polar surface area (TPSA) is 65.6 Å². The predicted octanol–water partition coefficient (Wildman–Crippen LogP) is 2.48. The normalized spacial score (nSPS) is 24.4. The van der Waals surface area contributed by atoms with Crippen LogP contribution in [0.5, 0.6) is 0 Å². The van der Waals surface area contributed by atoms with Gasteiger partial charge in [-0.25, -0.2) is 0 Å². The van der Waals surface area contributed by atoms with Crippen molar-refractivity contribution in [2.24, 2.45) is 11.3 Å². The summed E-state index contributed by atoms with van der Waals surface area (Å²) in [6, 6.07) is 8.37. The SMILES string of the molecule is O=C(O)C1CN(Cc2cccc3[nH]ccc23)CC12CCOCC2. The number of nitrogens with one attached hydrogen (secondary N) is 1. The molecule has 1 aromatic carbocycles. The Labute approximate surface area is 135 Å². The molecule has 2 aliphatic heterocycles. The number of carbonyl (C=O) groups is 1. The fraction of sp³-hybridized carbons (Fsp3) is 0.500. The van der Waals surface area contributed by atoms with Crippen LogP contribution in [-0.2, 0) is 16.1 Å². The number of benzene rings is 1. The molecule has 0 saturated carbocycles. The highest BCUT2D eigenvalue weighted by Gasteiger charge is 2.50. The van der Waals surface area contributed by atoms with Crippen molar-refractivity contribution in [2.75, 3.05) is 26.3 Å². The van der Waals surface area contributed by atoms with E-state index in [1.807, 2.05) is 6.20 Å². The summed E-state index contributed by atoms with van der Waals surface area (Å²) in [7, 11) is 0. The zero-order chi connectivity index (χ0) is 15.9. The molecule has 5 nitrogen and oxygen atoms in total. The van der Waals surface area contributed by atoms with E-state index in [4.69, 9.17) is 4.74 Å². The third-order valence-corrected chi connectivity index (χ3v) is 5.58. The Morgan fingerprint density at radius 2 is 2.17 bits per heavy atom. The minimum Gasteiger partial charge on any atom is -0.481 e. The second kappa shape index (κ2) is 5.65. The maximum Gasteiger partial charge on any atom is 0.308 e. The molecular weight excluding hydrogens is 292 g/mol. The van der Waals surface area contributed by atoms with E-state index >= 15 is 0 Å². The van der Waals surface area contributed by atoms with Gasteiger partial charge in [0.15, 0.2) is 0 Å². The molecule has 5 heteroatoms. The van der Waals surface area contributed by atoms with Crippen molar-refractivity contribution in [2.45, 2.75) is 19.4 Å². The molecule has 2 fully saturated rings. The van der Waals surface area contributed by atoms with Crippen molar-refractivity contribution >= 4 is 16.9 Å². The second-order valence-corrected chi connectivity index (χ2v) is 6.89. The monoisotopic (exact) mass is 314 g/mol. The number of ether oxygens (including phenoxy) is 1. The molecule has 2 aliphatic rings. The van der Waals surface area contributed by atoms with Crippen molar-refractivity contribution in [1.29, 1.82) is 0 Å². The Balaban J connectivity index is 1.58. The highest BCUT2D eigenvalue weighted by atomic mass is 16.5. The maximum absolute atomic E-state index is 11.8. The zero-order valence-corrected chi connectivity index (χ0v) is 13.1. The molecule has 2 aromatic rings.